The lowest BCUT2D eigenvalue weighted by molar-refractivity contribution is -0.605. The summed E-state index contributed by atoms with van der Waals surface area (Å²) in [5, 5.41) is 11.4. The molecule has 0 bridgehead atoms. The lowest BCUT2D eigenvalue weighted by atomic mass is 9.98. The number of pyridine rings is 1. The van der Waals surface area contributed by atoms with Gasteiger partial charge in [-0.1, -0.05) is 70.9 Å². The molecule has 0 radical (unpaired) electrons. The van der Waals surface area contributed by atoms with E-state index < -0.39 is 10.0 Å². The molecule has 6 nitrogen and oxygen atoms in total. The Morgan fingerprint density at radius 3 is 1.85 bits per heavy atom. The summed E-state index contributed by atoms with van der Waals surface area (Å²) in [6, 6.07) is 12.8. The molecule has 3 aromatic rings. The molecule has 0 amide bonds. The van der Waals surface area contributed by atoms with Crippen molar-refractivity contribution < 1.29 is 17.9 Å². The molecule has 0 unspecified atom stereocenters. The fourth-order valence-electron chi connectivity index (χ4n) is 2.84. The third-order valence-corrected chi connectivity index (χ3v) is 5.76. The molecule has 1 aromatic heterocycles. The maximum absolute atomic E-state index is 13.1. The van der Waals surface area contributed by atoms with Crippen LogP contribution in [0.25, 0.3) is 0 Å². The van der Waals surface area contributed by atoms with E-state index in [1.807, 2.05) is 55.4 Å². The van der Waals surface area contributed by atoms with Gasteiger partial charge in [0.2, 0.25) is 0 Å². The summed E-state index contributed by atoms with van der Waals surface area (Å²) in [6.45, 7) is 17.3. The maximum Gasteiger partial charge on any atom is 0.261 e. The van der Waals surface area contributed by atoms with E-state index in [0.717, 1.165) is 11.1 Å². The molecule has 3 rings (SSSR count). The minimum atomic E-state index is -3.85. The summed E-state index contributed by atoms with van der Waals surface area (Å²) in [4.78, 5) is 13.2. The first-order chi connectivity index (χ1) is 16.2. The summed E-state index contributed by atoms with van der Waals surface area (Å²) >= 11 is 0. The second kappa shape index (κ2) is 14.9. The summed E-state index contributed by atoms with van der Waals surface area (Å²) in [7, 11) is -3.85. The minimum absolute atomic E-state index is 0.111. The van der Waals surface area contributed by atoms with Crippen molar-refractivity contribution in [2.45, 2.75) is 67.2 Å². The molecular weight excluding hydrogens is 448 g/mol. The molecule has 1 heterocycles. The van der Waals surface area contributed by atoms with Crippen LogP contribution in [-0.2, 0) is 10.0 Å². The number of benzene rings is 2. The highest BCUT2D eigenvalue weighted by atomic mass is 32.2. The number of rotatable bonds is 5. The molecule has 0 atom stereocenters. The molecule has 0 aliphatic rings. The molecule has 0 fully saturated rings. The smallest absolute Gasteiger partial charge is 0.261 e. The van der Waals surface area contributed by atoms with Crippen molar-refractivity contribution in [1.29, 1.82) is 0 Å². The number of aromatic nitrogens is 1. The van der Waals surface area contributed by atoms with E-state index in [-0.39, 0.29) is 21.9 Å². The number of nitrogens with zero attached hydrogens (tertiary/aromatic N) is 1. The van der Waals surface area contributed by atoms with Crippen LogP contribution in [0.15, 0.2) is 65.8 Å². The standard InChI is InChI=1S/C21H20N2O4S.3C2H6/c1-14-4-7-17(8-5-14)28(26,27)22-20-9-6-15(2)12-19(20)21(24)18-10-11-23(25)13-16(18)3;3*1-2/h4-13,22H,1-3H3;3*1-2H3. The van der Waals surface area contributed by atoms with Crippen LogP contribution in [0.3, 0.4) is 0 Å². The molecule has 2 aromatic carbocycles. The topological polar surface area (TPSA) is 90.2 Å². The van der Waals surface area contributed by atoms with Crippen LogP contribution in [-0.4, -0.2) is 14.2 Å². The maximum atomic E-state index is 13.1. The number of ketones is 1. The average Bonchev–Trinajstić information content (AvgIpc) is 2.84. The van der Waals surface area contributed by atoms with Gasteiger partial charge in [0.1, 0.15) is 0 Å². The highest BCUT2D eigenvalue weighted by Gasteiger charge is 2.21. The van der Waals surface area contributed by atoms with Crippen LogP contribution in [0.1, 0.15) is 74.2 Å². The molecule has 186 valence electrons. The highest BCUT2D eigenvalue weighted by Crippen LogP contribution is 2.25. The predicted molar refractivity (Wildman–Crippen MR) is 141 cm³/mol. The third-order valence-electron chi connectivity index (χ3n) is 4.37. The van der Waals surface area contributed by atoms with Crippen LogP contribution in [0.2, 0.25) is 0 Å². The zero-order chi connectivity index (χ0) is 26.5. The molecule has 0 saturated heterocycles. The number of anilines is 1. The van der Waals surface area contributed by atoms with Crippen molar-refractivity contribution in [1.82, 2.24) is 0 Å². The van der Waals surface area contributed by atoms with Gasteiger partial charge < -0.3 is 5.21 Å². The van der Waals surface area contributed by atoms with Gasteiger partial charge in [-0.05, 0) is 45.0 Å². The van der Waals surface area contributed by atoms with E-state index in [1.54, 1.807) is 37.3 Å². The molecule has 1 N–H and O–H groups in total. The predicted octanol–water partition coefficient (Wildman–Crippen LogP) is 6.36. The second-order valence-electron chi connectivity index (χ2n) is 6.70. The Hall–Kier alpha value is -3.19. The zero-order valence-electron chi connectivity index (χ0n) is 21.8. The molecule has 0 saturated carbocycles. The Bertz CT molecular complexity index is 1160. The summed E-state index contributed by atoms with van der Waals surface area (Å²) in [5.74, 6) is -0.358. The zero-order valence-corrected chi connectivity index (χ0v) is 22.6. The average molecular weight is 487 g/mol. The van der Waals surface area contributed by atoms with Crippen molar-refractivity contribution in [3.8, 4) is 0 Å². The van der Waals surface area contributed by atoms with Gasteiger partial charge in [0.25, 0.3) is 10.0 Å². The quantitative estimate of drug-likeness (QED) is 0.258. The van der Waals surface area contributed by atoms with E-state index in [9.17, 15) is 18.4 Å². The second-order valence-corrected chi connectivity index (χ2v) is 8.38. The molecular formula is C27H38N2O4S. The molecule has 34 heavy (non-hydrogen) atoms. The van der Waals surface area contributed by atoms with Crippen LogP contribution < -0.4 is 9.45 Å². The number of carbonyl (C=O) groups is 1. The van der Waals surface area contributed by atoms with Gasteiger partial charge in [-0.25, -0.2) is 8.42 Å². The van der Waals surface area contributed by atoms with E-state index in [4.69, 9.17) is 0 Å². The van der Waals surface area contributed by atoms with Crippen molar-refractivity contribution in [3.63, 3.8) is 0 Å². The highest BCUT2D eigenvalue weighted by molar-refractivity contribution is 7.92. The number of nitrogens with one attached hydrogen (secondary N) is 1. The summed E-state index contributed by atoms with van der Waals surface area (Å²) < 4.78 is 28.6. The first kappa shape index (κ1) is 30.8. The Morgan fingerprint density at radius 2 is 1.32 bits per heavy atom. The van der Waals surface area contributed by atoms with Crippen LogP contribution in [0, 0.1) is 26.0 Å². The van der Waals surface area contributed by atoms with Crippen molar-refractivity contribution >= 4 is 21.5 Å². The van der Waals surface area contributed by atoms with Gasteiger partial charge in [0, 0.05) is 22.8 Å². The van der Waals surface area contributed by atoms with Gasteiger partial charge >= 0.3 is 0 Å². The van der Waals surface area contributed by atoms with Gasteiger partial charge in [-0.2, -0.15) is 4.73 Å². The van der Waals surface area contributed by atoms with Crippen molar-refractivity contribution in [3.05, 3.63) is 93.9 Å². The number of aryl methyl sites for hydroxylation is 3. The van der Waals surface area contributed by atoms with Gasteiger partial charge in [0.05, 0.1) is 10.6 Å². The van der Waals surface area contributed by atoms with Gasteiger partial charge in [-0.15, -0.1) is 0 Å². The van der Waals surface area contributed by atoms with Crippen LogP contribution in [0.5, 0.6) is 0 Å². The fourth-order valence-corrected chi connectivity index (χ4v) is 3.92. The van der Waals surface area contributed by atoms with Crippen LogP contribution in [0.4, 0.5) is 5.69 Å². The number of hydrogen-bond acceptors (Lipinski definition) is 4. The normalized spacial score (nSPS) is 9.79. The van der Waals surface area contributed by atoms with E-state index >= 15 is 0 Å². The molecule has 0 aliphatic heterocycles. The van der Waals surface area contributed by atoms with Crippen molar-refractivity contribution in [2.75, 3.05) is 4.72 Å². The van der Waals surface area contributed by atoms with Gasteiger partial charge in [-0.3, -0.25) is 9.52 Å². The first-order valence-corrected chi connectivity index (χ1v) is 13.1. The van der Waals surface area contributed by atoms with Crippen molar-refractivity contribution in [2.24, 2.45) is 0 Å². The minimum Gasteiger partial charge on any atom is -0.619 e. The summed E-state index contributed by atoms with van der Waals surface area (Å²) in [6.07, 6.45) is 2.55. The Morgan fingerprint density at radius 1 is 0.794 bits per heavy atom. The van der Waals surface area contributed by atoms with Crippen LogP contribution >= 0.6 is 0 Å². The lowest BCUT2D eigenvalue weighted by Gasteiger charge is -2.14. The number of hydrogen-bond donors (Lipinski definition) is 1. The Labute approximate surface area is 205 Å². The largest absolute Gasteiger partial charge is 0.619 e. The Kier molecular flexibility index (Phi) is 13.5. The summed E-state index contributed by atoms with van der Waals surface area (Å²) in [5.41, 5.74) is 3.02. The Balaban J connectivity index is 0.00000168. The number of carbonyl (C=O) groups excluding carboxylic acids is 1. The number of sulfonamides is 1. The van der Waals surface area contributed by atoms with Gasteiger partial charge in [0.15, 0.2) is 18.2 Å². The molecule has 7 heteroatoms. The SMILES string of the molecule is CC.CC.CC.Cc1ccc(S(=O)(=O)Nc2ccc(C)cc2C(=O)c2cc[n+]([O-])cc2C)cc1. The molecule has 0 aliphatic carbocycles. The van der Waals surface area contributed by atoms with E-state index in [1.165, 1.54) is 30.6 Å². The van der Waals surface area contributed by atoms with E-state index in [0.29, 0.717) is 15.9 Å². The first-order valence-electron chi connectivity index (χ1n) is 11.6. The third kappa shape index (κ3) is 8.30. The lowest BCUT2D eigenvalue weighted by Crippen LogP contribution is -2.26. The fraction of sp³-hybridized carbons (Fsp3) is 0.333. The van der Waals surface area contributed by atoms with E-state index in [2.05, 4.69) is 4.72 Å². The monoisotopic (exact) mass is 486 g/mol. The molecule has 0 spiro atoms.